The largest absolute Gasteiger partial charge is 0.380 e. The summed E-state index contributed by atoms with van der Waals surface area (Å²) in [6, 6.07) is 13.5. The second-order valence-electron chi connectivity index (χ2n) is 5.67. The average molecular weight is 347 g/mol. The van der Waals surface area contributed by atoms with Crippen LogP contribution in [0.1, 0.15) is 34.5 Å². The maximum absolute atomic E-state index is 12.3. The fraction of sp³-hybridized carbons (Fsp3) is 0.278. The van der Waals surface area contributed by atoms with Crippen LogP contribution in [0.3, 0.4) is 0 Å². The number of carbonyl (C=O) groups excluding carboxylic acids is 1. The highest BCUT2D eigenvalue weighted by Gasteiger charge is 2.13. The Balaban J connectivity index is 2.05. The number of nitrogens with one attached hydrogen (secondary N) is 1. The van der Waals surface area contributed by atoms with Gasteiger partial charge in [0.2, 0.25) is 0 Å². The minimum Gasteiger partial charge on any atom is -0.380 e. The second kappa shape index (κ2) is 7.59. The van der Waals surface area contributed by atoms with Gasteiger partial charge in [-0.15, -0.1) is 0 Å². The lowest BCUT2D eigenvalue weighted by Crippen LogP contribution is -2.26. The van der Waals surface area contributed by atoms with Crippen LogP contribution in [0, 0.1) is 0 Å². The van der Waals surface area contributed by atoms with Crippen molar-refractivity contribution in [3.63, 3.8) is 0 Å². The highest BCUT2D eigenvalue weighted by Crippen LogP contribution is 2.17. The molecule has 1 amide bonds. The number of sulfone groups is 1. The van der Waals surface area contributed by atoms with Gasteiger partial charge in [-0.2, -0.15) is 0 Å². The van der Waals surface area contributed by atoms with Crippen LogP contribution in [0.15, 0.2) is 53.4 Å². The number of methoxy groups -OCH3 is 1. The molecule has 0 radical (unpaired) electrons. The van der Waals surface area contributed by atoms with E-state index < -0.39 is 9.84 Å². The van der Waals surface area contributed by atoms with Crippen LogP contribution in [0.25, 0.3) is 0 Å². The number of benzene rings is 2. The number of ether oxygens (including phenoxy) is 1. The molecule has 0 saturated carbocycles. The van der Waals surface area contributed by atoms with E-state index in [0.717, 1.165) is 11.1 Å². The topological polar surface area (TPSA) is 72.5 Å². The molecule has 0 heterocycles. The predicted octanol–water partition coefficient (Wildman–Crippen LogP) is 2.73. The van der Waals surface area contributed by atoms with E-state index in [-0.39, 0.29) is 16.8 Å². The quantitative estimate of drug-likeness (QED) is 0.872. The zero-order chi connectivity index (χ0) is 17.7. The van der Waals surface area contributed by atoms with Crippen LogP contribution in [0.4, 0.5) is 0 Å². The minimum atomic E-state index is -3.22. The summed E-state index contributed by atoms with van der Waals surface area (Å²) >= 11 is 0. The molecule has 1 N–H and O–H groups in total. The molecule has 0 spiro atoms. The molecule has 5 nitrogen and oxygen atoms in total. The maximum Gasteiger partial charge on any atom is 0.251 e. The van der Waals surface area contributed by atoms with Gasteiger partial charge in [0.1, 0.15) is 0 Å². The molecule has 0 aliphatic carbocycles. The molecule has 0 aliphatic heterocycles. The molecule has 0 aromatic heterocycles. The lowest BCUT2D eigenvalue weighted by molar-refractivity contribution is 0.0939. The second-order valence-corrected chi connectivity index (χ2v) is 7.68. The van der Waals surface area contributed by atoms with Gasteiger partial charge in [0, 0.05) is 18.9 Å². The molecule has 0 saturated heterocycles. The molecular formula is C18H21NO4S. The van der Waals surface area contributed by atoms with Crippen molar-refractivity contribution in [2.75, 3.05) is 13.4 Å². The first kappa shape index (κ1) is 18.2. The highest BCUT2D eigenvalue weighted by molar-refractivity contribution is 7.90. The lowest BCUT2D eigenvalue weighted by Gasteiger charge is -2.15. The van der Waals surface area contributed by atoms with E-state index in [0.29, 0.717) is 12.2 Å². The van der Waals surface area contributed by atoms with Gasteiger partial charge >= 0.3 is 0 Å². The number of amides is 1. The van der Waals surface area contributed by atoms with Crippen LogP contribution < -0.4 is 5.32 Å². The van der Waals surface area contributed by atoms with E-state index in [2.05, 4.69) is 5.32 Å². The Bertz CT molecular complexity index is 796. The molecule has 6 heteroatoms. The van der Waals surface area contributed by atoms with Crippen molar-refractivity contribution in [3.05, 3.63) is 65.2 Å². The third-order valence-corrected chi connectivity index (χ3v) is 4.81. The molecule has 1 unspecified atom stereocenters. The van der Waals surface area contributed by atoms with Crippen molar-refractivity contribution in [2.24, 2.45) is 0 Å². The maximum atomic E-state index is 12.3. The van der Waals surface area contributed by atoms with Crippen molar-refractivity contribution in [1.29, 1.82) is 0 Å². The standard InChI is InChI=1S/C18H21NO4S/c1-13(15-8-10-17(11-9-15)24(3,21)22)19-18(20)16-6-4-14(5-7-16)12-23-2/h4-11,13H,12H2,1-3H3,(H,19,20). The first-order valence-corrected chi connectivity index (χ1v) is 9.39. The van der Waals surface area contributed by atoms with Gasteiger partial charge < -0.3 is 10.1 Å². The number of hydrogen-bond acceptors (Lipinski definition) is 4. The van der Waals surface area contributed by atoms with Crippen LogP contribution in [-0.2, 0) is 21.2 Å². The number of hydrogen-bond donors (Lipinski definition) is 1. The fourth-order valence-electron chi connectivity index (χ4n) is 2.29. The lowest BCUT2D eigenvalue weighted by atomic mass is 10.1. The fourth-order valence-corrected chi connectivity index (χ4v) is 2.92. The van der Waals surface area contributed by atoms with Crippen molar-refractivity contribution >= 4 is 15.7 Å². The van der Waals surface area contributed by atoms with E-state index in [4.69, 9.17) is 4.74 Å². The van der Waals surface area contributed by atoms with Crippen LogP contribution in [0.2, 0.25) is 0 Å². The van der Waals surface area contributed by atoms with Crippen LogP contribution in [0.5, 0.6) is 0 Å². The Labute approximate surface area is 142 Å². The molecule has 128 valence electrons. The molecular weight excluding hydrogens is 326 g/mol. The summed E-state index contributed by atoms with van der Waals surface area (Å²) in [5.74, 6) is -0.182. The SMILES string of the molecule is COCc1ccc(C(=O)NC(C)c2ccc(S(C)(=O)=O)cc2)cc1. The monoisotopic (exact) mass is 347 g/mol. The molecule has 24 heavy (non-hydrogen) atoms. The molecule has 2 aromatic rings. The highest BCUT2D eigenvalue weighted by atomic mass is 32.2. The van der Waals surface area contributed by atoms with E-state index in [1.54, 1.807) is 43.5 Å². The van der Waals surface area contributed by atoms with E-state index in [9.17, 15) is 13.2 Å². The number of carbonyl (C=O) groups is 1. The molecule has 1 atom stereocenters. The van der Waals surface area contributed by atoms with Crippen molar-refractivity contribution in [3.8, 4) is 0 Å². The number of rotatable bonds is 6. The first-order valence-electron chi connectivity index (χ1n) is 7.50. The van der Waals surface area contributed by atoms with Crippen LogP contribution in [-0.4, -0.2) is 27.7 Å². The molecule has 2 rings (SSSR count). The van der Waals surface area contributed by atoms with E-state index in [1.807, 2.05) is 19.1 Å². The molecule has 2 aromatic carbocycles. The van der Waals surface area contributed by atoms with E-state index in [1.165, 1.54) is 6.26 Å². The third-order valence-electron chi connectivity index (χ3n) is 3.68. The first-order chi connectivity index (χ1) is 11.3. The zero-order valence-corrected chi connectivity index (χ0v) is 14.8. The average Bonchev–Trinajstić information content (AvgIpc) is 2.55. The van der Waals surface area contributed by atoms with Crippen molar-refractivity contribution in [1.82, 2.24) is 5.32 Å². The zero-order valence-electron chi connectivity index (χ0n) is 13.9. The predicted molar refractivity (Wildman–Crippen MR) is 92.6 cm³/mol. The molecule has 0 bridgehead atoms. The Morgan fingerprint density at radius 1 is 1.08 bits per heavy atom. The summed E-state index contributed by atoms with van der Waals surface area (Å²) in [5, 5.41) is 2.90. The van der Waals surface area contributed by atoms with Gasteiger partial charge in [-0.25, -0.2) is 8.42 Å². The third kappa shape index (κ3) is 4.66. The minimum absolute atomic E-state index is 0.182. The van der Waals surface area contributed by atoms with Gasteiger partial charge in [0.15, 0.2) is 9.84 Å². The summed E-state index contributed by atoms with van der Waals surface area (Å²) in [4.78, 5) is 12.5. The summed E-state index contributed by atoms with van der Waals surface area (Å²) in [5.41, 5.74) is 2.40. The summed E-state index contributed by atoms with van der Waals surface area (Å²) in [6.07, 6.45) is 1.17. The Kier molecular flexibility index (Phi) is 5.75. The summed E-state index contributed by atoms with van der Waals surface area (Å²) < 4.78 is 28.0. The smallest absolute Gasteiger partial charge is 0.251 e. The summed E-state index contributed by atoms with van der Waals surface area (Å²) in [6.45, 7) is 2.36. The van der Waals surface area contributed by atoms with Gasteiger partial charge in [-0.3, -0.25) is 4.79 Å². The normalized spacial score (nSPS) is 12.6. The molecule has 0 aliphatic rings. The molecule has 0 fully saturated rings. The van der Waals surface area contributed by atoms with Gasteiger partial charge in [-0.1, -0.05) is 24.3 Å². The van der Waals surface area contributed by atoms with Gasteiger partial charge in [0.05, 0.1) is 17.5 Å². The van der Waals surface area contributed by atoms with Gasteiger partial charge in [-0.05, 0) is 42.3 Å². The Hall–Kier alpha value is -2.18. The summed E-state index contributed by atoms with van der Waals surface area (Å²) in [7, 11) is -1.60. The van der Waals surface area contributed by atoms with Gasteiger partial charge in [0.25, 0.3) is 5.91 Å². The van der Waals surface area contributed by atoms with Crippen molar-refractivity contribution in [2.45, 2.75) is 24.5 Å². The Morgan fingerprint density at radius 3 is 2.17 bits per heavy atom. The van der Waals surface area contributed by atoms with Crippen LogP contribution >= 0.6 is 0 Å². The van der Waals surface area contributed by atoms with Crippen molar-refractivity contribution < 1.29 is 17.9 Å². The Morgan fingerprint density at radius 2 is 1.67 bits per heavy atom. The van der Waals surface area contributed by atoms with E-state index >= 15 is 0 Å².